The predicted octanol–water partition coefficient (Wildman–Crippen LogP) is 4.58. The van der Waals surface area contributed by atoms with Gasteiger partial charge in [-0.1, -0.05) is 33.1 Å². The largest absolute Gasteiger partial charge is 0.496 e. The van der Waals surface area contributed by atoms with Crippen molar-refractivity contribution in [1.29, 1.82) is 0 Å². The van der Waals surface area contributed by atoms with Crippen LogP contribution in [0.5, 0.6) is 5.75 Å². The van der Waals surface area contributed by atoms with E-state index >= 15 is 0 Å². The minimum Gasteiger partial charge on any atom is -0.496 e. The molecule has 0 unspecified atom stereocenters. The summed E-state index contributed by atoms with van der Waals surface area (Å²) < 4.78 is 16.2. The Kier molecular flexibility index (Phi) is 9.86. The molecule has 0 radical (unpaired) electrons. The number of methoxy groups -OCH3 is 1. The molecule has 0 aliphatic carbocycles. The molecule has 152 valence electrons. The number of benzene rings is 1. The average Bonchev–Trinajstić information content (AvgIpc) is 2.66. The Bertz CT molecular complexity index is 617. The van der Waals surface area contributed by atoms with Gasteiger partial charge in [0, 0.05) is 12.3 Å². The minimum absolute atomic E-state index is 0.216. The lowest BCUT2D eigenvalue weighted by molar-refractivity contribution is -0.140. The molecule has 0 aromatic heterocycles. The summed E-state index contributed by atoms with van der Waals surface area (Å²) in [6, 6.07) is 4.91. The number of nitrogens with one attached hydrogen (secondary N) is 1. The van der Waals surface area contributed by atoms with Gasteiger partial charge in [0.1, 0.15) is 16.9 Å². The van der Waals surface area contributed by atoms with Gasteiger partial charge in [-0.2, -0.15) is 0 Å². The molecule has 0 saturated carbocycles. The summed E-state index contributed by atoms with van der Waals surface area (Å²) in [5, 5.41) is 2.88. The van der Waals surface area contributed by atoms with E-state index in [4.69, 9.17) is 14.2 Å². The highest BCUT2D eigenvalue weighted by atomic mass is 16.5. The minimum atomic E-state index is -0.908. The fraction of sp³-hybridized carbons (Fsp3) is 0.619. The third kappa shape index (κ3) is 6.86. The van der Waals surface area contributed by atoms with Gasteiger partial charge in [0.25, 0.3) is 5.91 Å². The summed E-state index contributed by atoms with van der Waals surface area (Å²) in [4.78, 5) is 25.0. The topological polar surface area (TPSA) is 73.9 Å². The van der Waals surface area contributed by atoms with Crippen LogP contribution in [0, 0.1) is 0 Å². The molecule has 6 nitrogen and oxygen atoms in total. The van der Waals surface area contributed by atoms with Crippen molar-refractivity contribution >= 4 is 17.6 Å². The maximum absolute atomic E-state index is 12.9. The Morgan fingerprint density at radius 3 is 2.44 bits per heavy atom. The Balaban J connectivity index is 2.99. The molecule has 1 amide bonds. The lowest BCUT2D eigenvalue weighted by atomic mass is 9.96. The first-order chi connectivity index (χ1) is 12.9. The first-order valence-electron chi connectivity index (χ1n) is 9.72. The van der Waals surface area contributed by atoms with Gasteiger partial charge in [0.15, 0.2) is 0 Å². The standard InChI is InChI=1S/C21H33NO5/c1-6-9-10-13-21(4,27-14-7-2)20(24)22-16-11-12-18(25-5)17(15-16)19(23)26-8-3/h11-12,15H,6-10,13-14H2,1-5H3,(H,22,24)/t21-/m0/s1. The van der Waals surface area contributed by atoms with Crippen molar-refractivity contribution in [2.45, 2.75) is 65.4 Å². The van der Waals surface area contributed by atoms with E-state index < -0.39 is 11.6 Å². The predicted molar refractivity (Wildman–Crippen MR) is 106 cm³/mol. The van der Waals surface area contributed by atoms with Crippen LogP contribution >= 0.6 is 0 Å². The van der Waals surface area contributed by atoms with Crippen LogP contribution in [0.15, 0.2) is 18.2 Å². The van der Waals surface area contributed by atoms with Crippen LogP contribution in [0.1, 0.15) is 70.2 Å². The molecule has 1 N–H and O–H groups in total. The number of carbonyl (C=O) groups is 2. The summed E-state index contributed by atoms with van der Waals surface area (Å²) in [5.74, 6) is -0.301. The van der Waals surface area contributed by atoms with Gasteiger partial charge in [-0.25, -0.2) is 4.79 Å². The van der Waals surface area contributed by atoms with Crippen molar-refractivity contribution in [3.63, 3.8) is 0 Å². The van der Waals surface area contributed by atoms with Crippen LogP contribution in [0.25, 0.3) is 0 Å². The van der Waals surface area contributed by atoms with Crippen molar-refractivity contribution in [3.8, 4) is 5.75 Å². The summed E-state index contributed by atoms with van der Waals surface area (Å²) in [5.41, 5.74) is -0.125. The summed E-state index contributed by atoms with van der Waals surface area (Å²) >= 11 is 0. The van der Waals surface area contributed by atoms with E-state index in [1.165, 1.54) is 7.11 Å². The van der Waals surface area contributed by atoms with E-state index in [0.29, 0.717) is 24.5 Å². The molecule has 1 atom stereocenters. The van der Waals surface area contributed by atoms with Crippen molar-refractivity contribution in [2.75, 3.05) is 25.6 Å². The molecule has 0 fully saturated rings. The molecule has 0 bridgehead atoms. The SMILES string of the molecule is CCCCC[C@](C)(OCCC)C(=O)Nc1ccc(OC)c(C(=O)OCC)c1. The summed E-state index contributed by atoms with van der Waals surface area (Å²) in [7, 11) is 1.49. The van der Waals surface area contributed by atoms with Gasteiger partial charge in [0.05, 0.1) is 13.7 Å². The Morgan fingerprint density at radius 2 is 1.85 bits per heavy atom. The quantitative estimate of drug-likeness (QED) is 0.425. The van der Waals surface area contributed by atoms with Crippen molar-refractivity contribution < 1.29 is 23.8 Å². The van der Waals surface area contributed by atoms with E-state index in [-0.39, 0.29) is 18.1 Å². The zero-order chi connectivity index (χ0) is 20.3. The molecule has 0 saturated heterocycles. The molecule has 27 heavy (non-hydrogen) atoms. The number of ether oxygens (including phenoxy) is 3. The van der Waals surface area contributed by atoms with E-state index in [0.717, 1.165) is 25.7 Å². The molecule has 0 aliphatic rings. The van der Waals surface area contributed by atoms with Gasteiger partial charge < -0.3 is 19.5 Å². The lowest BCUT2D eigenvalue weighted by Crippen LogP contribution is -2.43. The van der Waals surface area contributed by atoms with Gasteiger partial charge in [-0.15, -0.1) is 0 Å². The molecular formula is C21H33NO5. The number of unbranched alkanes of at least 4 members (excludes halogenated alkanes) is 2. The Hall–Kier alpha value is -2.08. The highest BCUT2D eigenvalue weighted by Gasteiger charge is 2.33. The second-order valence-corrected chi connectivity index (χ2v) is 6.63. The van der Waals surface area contributed by atoms with Crippen LogP contribution < -0.4 is 10.1 Å². The Morgan fingerprint density at radius 1 is 1.11 bits per heavy atom. The molecular weight excluding hydrogens is 346 g/mol. The highest BCUT2D eigenvalue weighted by Crippen LogP contribution is 2.26. The van der Waals surface area contributed by atoms with E-state index in [1.54, 1.807) is 25.1 Å². The highest BCUT2D eigenvalue weighted by molar-refractivity contribution is 5.99. The number of anilines is 1. The molecule has 0 aliphatic heterocycles. The average molecular weight is 379 g/mol. The van der Waals surface area contributed by atoms with Gasteiger partial charge in [-0.05, 0) is 44.9 Å². The number of amides is 1. The van der Waals surface area contributed by atoms with Crippen molar-refractivity contribution in [3.05, 3.63) is 23.8 Å². The first-order valence-corrected chi connectivity index (χ1v) is 9.72. The van der Waals surface area contributed by atoms with Gasteiger partial charge >= 0.3 is 5.97 Å². The van der Waals surface area contributed by atoms with E-state index in [1.807, 2.05) is 13.8 Å². The number of esters is 1. The van der Waals surface area contributed by atoms with E-state index in [2.05, 4.69) is 12.2 Å². The molecule has 1 aromatic rings. The number of hydrogen-bond acceptors (Lipinski definition) is 5. The molecule has 1 rings (SSSR count). The lowest BCUT2D eigenvalue weighted by Gasteiger charge is -2.29. The maximum atomic E-state index is 12.9. The molecule has 0 heterocycles. The molecule has 6 heteroatoms. The summed E-state index contributed by atoms with van der Waals surface area (Å²) in [6.45, 7) is 8.48. The maximum Gasteiger partial charge on any atom is 0.341 e. The third-order valence-electron chi connectivity index (χ3n) is 4.32. The normalized spacial score (nSPS) is 12.9. The second-order valence-electron chi connectivity index (χ2n) is 6.63. The number of rotatable bonds is 12. The van der Waals surface area contributed by atoms with Crippen LogP contribution in [-0.4, -0.2) is 37.8 Å². The van der Waals surface area contributed by atoms with Gasteiger partial charge in [0.2, 0.25) is 0 Å². The monoisotopic (exact) mass is 379 g/mol. The van der Waals surface area contributed by atoms with Crippen LogP contribution in [-0.2, 0) is 14.3 Å². The van der Waals surface area contributed by atoms with Crippen molar-refractivity contribution in [1.82, 2.24) is 0 Å². The third-order valence-corrected chi connectivity index (χ3v) is 4.32. The molecule has 0 spiro atoms. The first kappa shape index (κ1) is 23.0. The smallest absolute Gasteiger partial charge is 0.341 e. The fourth-order valence-electron chi connectivity index (χ4n) is 2.71. The zero-order valence-electron chi connectivity index (χ0n) is 17.2. The van der Waals surface area contributed by atoms with Crippen LogP contribution in [0.2, 0.25) is 0 Å². The van der Waals surface area contributed by atoms with Crippen LogP contribution in [0.4, 0.5) is 5.69 Å². The number of carbonyl (C=O) groups excluding carboxylic acids is 2. The Labute approximate surface area is 162 Å². The zero-order valence-corrected chi connectivity index (χ0v) is 17.2. The fourth-order valence-corrected chi connectivity index (χ4v) is 2.71. The second kappa shape index (κ2) is 11.6. The van der Waals surface area contributed by atoms with Crippen molar-refractivity contribution in [2.24, 2.45) is 0 Å². The summed E-state index contributed by atoms with van der Waals surface area (Å²) in [6.07, 6.45) is 4.53. The van der Waals surface area contributed by atoms with Crippen LogP contribution in [0.3, 0.4) is 0 Å². The van der Waals surface area contributed by atoms with Gasteiger partial charge in [-0.3, -0.25) is 4.79 Å². The van der Waals surface area contributed by atoms with E-state index in [9.17, 15) is 9.59 Å². The molecule has 1 aromatic carbocycles. The number of hydrogen-bond donors (Lipinski definition) is 1.